The average molecular weight is 270 g/mol. The molecule has 112 valence electrons. The molecule has 0 radical (unpaired) electrons. The smallest absolute Gasteiger partial charge is 0.0897 e. The molecular weight excluding hydrogens is 240 g/mol. The number of nitrogens with one attached hydrogen (secondary N) is 1. The van der Waals surface area contributed by atoms with Crippen LogP contribution in [0.25, 0.3) is 0 Å². The minimum Gasteiger partial charge on any atom is -0.389 e. The molecular formula is C15H30N2O2. The summed E-state index contributed by atoms with van der Waals surface area (Å²) >= 11 is 0. The molecule has 0 aromatic carbocycles. The van der Waals surface area contributed by atoms with Crippen LogP contribution in [-0.4, -0.2) is 61.5 Å². The SMILES string of the molecule is CC1CCCCC1OCC(O)CNC1CCN(C)C1. The Hall–Kier alpha value is -0.160. The molecule has 0 aromatic heterocycles. The molecule has 0 bridgehead atoms. The molecule has 0 spiro atoms. The number of nitrogens with zero attached hydrogens (tertiary/aromatic N) is 1. The van der Waals surface area contributed by atoms with Crippen LogP contribution in [0.4, 0.5) is 0 Å². The van der Waals surface area contributed by atoms with Crippen molar-refractivity contribution in [1.29, 1.82) is 0 Å². The van der Waals surface area contributed by atoms with Crippen LogP contribution in [0.5, 0.6) is 0 Å². The number of hydrogen-bond donors (Lipinski definition) is 2. The topological polar surface area (TPSA) is 44.7 Å². The first-order valence-electron chi connectivity index (χ1n) is 7.86. The van der Waals surface area contributed by atoms with Gasteiger partial charge in [-0.25, -0.2) is 0 Å². The standard InChI is InChI=1S/C15H30N2O2/c1-12-5-3-4-6-15(12)19-11-14(18)9-16-13-7-8-17(2)10-13/h12-16,18H,3-11H2,1-2H3. The van der Waals surface area contributed by atoms with Crippen molar-refractivity contribution in [1.82, 2.24) is 10.2 Å². The fourth-order valence-electron chi connectivity index (χ4n) is 3.23. The molecule has 4 unspecified atom stereocenters. The summed E-state index contributed by atoms with van der Waals surface area (Å²) in [7, 11) is 2.14. The number of rotatable bonds is 6. The second kappa shape index (κ2) is 7.58. The lowest BCUT2D eigenvalue weighted by molar-refractivity contribution is -0.0455. The lowest BCUT2D eigenvalue weighted by Crippen LogP contribution is -2.39. The quantitative estimate of drug-likeness (QED) is 0.762. The van der Waals surface area contributed by atoms with Crippen LogP contribution in [0.2, 0.25) is 0 Å². The summed E-state index contributed by atoms with van der Waals surface area (Å²) in [5, 5.41) is 13.4. The maximum absolute atomic E-state index is 9.99. The second-order valence-electron chi connectivity index (χ2n) is 6.44. The number of aliphatic hydroxyl groups excluding tert-OH is 1. The van der Waals surface area contributed by atoms with Crippen LogP contribution in [0.15, 0.2) is 0 Å². The van der Waals surface area contributed by atoms with E-state index in [4.69, 9.17) is 4.74 Å². The molecule has 19 heavy (non-hydrogen) atoms. The fourth-order valence-corrected chi connectivity index (χ4v) is 3.23. The predicted molar refractivity (Wildman–Crippen MR) is 77.3 cm³/mol. The van der Waals surface area contributed by atoms with E-state index < -0.39 is 0 Å². The van der Waals surface area contributed by atoms with E-state index in [2.05, 4.69) is 24.2 Å². The van der Waals surface area contributed by atoms with Crippen LogP contribution in [0.1, 0.15) is 39.0 Å². The third-order valence-corrected chi connectivity index (χ3v) is 4.57. The van der Waals surface area contributed by atoms with Gasteiger partial charge in [-0.1, -0.05) is 19.8 Å². The van der Waals surface area contributed by atoms with Crippen LogP contribution in [0.3, 0.4) is 0 Å². The summed E-state index contributed by atoms with van der Waals surface area (Å²) in [5.74, 6) is 0.650. The van der Waals surface area contributed by atoms with Gasteiger partial charge in [0, 0.05) is 19.1 Å². The molecule has 1 saturated heterocycles. The van der Waals surface area contributed by atoms with Gasteiger partial charge in [-0.05, 0) is 38.8 Å². The minimum absolute atomic E-state index is 0.362. The Labute approximate surface area is 117 Å². The van der Waals surface area contributed by atoms with Crippen LogP contribution >= 0.6 is 0 Å². The van der Waals surface area contributed by atoms with Crippen LogP contribution in [0, 0.1) is 5.92 Å². The Morgan fingerprint density at radius 2 is 2.11 bits per heavy atom. The molecule has 0 aromatic rings. The lowest BCUT2D eigenvalue weighted by atomic mass is 9.88. The van der Waals surface area contributed by atoms with Gasteiger partial charge in [0.2, 0.25) is 0 Å². The molecule has 4 atom stereocenters. The van der Waals surface area contributed by atoms with E-state index in [-0.39, 0.29) is 6.10 Å². The first-order chi connectivity index (χ1) is 9.15. The molecule has 1 heterocycles. The van der Waals surface area contributed by atoms with E-state index >= 15 is 0 Å². The Kier molecular flexibility index (Phi) is 6.07. The third-order valence-electron chi connectivity index (χ3n) is 4.57. The van der Waals surface area contributed by atoms with Crippen molar-refractivity contribution in [3.8, 4) is 0 Å². The van der Waals surface area contributed by atoms with Crippen molar-refractivity contribution < 1.29 is 9.84 Å². The Bertz CT molecular complexity index is 263. The molecule has 0 amide bonds. The molecule has 2 rings (SSSR count). The normalized spacial score (nSPS) is 34.6. The summed E-state index contributed by atoms with van der Waals surface area (Å²) in [6, 6.07) is 0.535. The second-order valence-corrected chi connectivity index (χ2v) is 6.44. The average Bonchev–Trinajstić information content (AvgIpc) is 2.81. The maximum Gasteiger partial charge on any atom is 0.0897 e. The zero-order valence-electron chi connectivity index (χ0n) is 12.5. The number of ether oxygens (including phenoxy) is 1. The van der Waals surface area contributed by atoms with E-state index in [1.165, 1.54) is 25.7 Å². The number of aliphatic hydroxyl groups is 1. The Morgan fingerprint density at radius 1 is 1.32 bits per heavy atom. The molecule has 2 N–H and O–H groups in total. The Balaban J connectivity index is 1.57. The molecule has 4 nitrogen and oxygen atoms in total. The summed E-state index contributed by atoms with van der Waals surface area (Å²) in [6.45, 7) is 5.64. The van der Waals surface area contributed by atoms with Gasteiger partial charge >= 0.3 is 0 Å². The van der Waals surface area contributed by atoms with E-state index in [0.29, 0.717) is 31.2 Å². The zero-order valence-corrected chi connectivity index (χ0v) is 12.5. The summed E-state index contributed by atoms with van der Waals surface area (Å²) in [6.07, 6.45) is 6.21. The van der Waals surface area contributed by atoms with Gasteiger partial charge < -0.3 is 20.1 Å². The van der Waals surface area contributed by atoms with Gasteiger partial charge in [-0.3, -0.25) is 0 Å². The van der Waals surface area contributed by atoms with Crippen molar-refractivity contribution in [3.05, 3.63) is 0 Å². The molecule has 1 aliphatic carbocycles. The summed E-state index contributed by atoms with van der Waals surface area (Å²) < 4.78 is 5.89. The monoisotopic (exact) mass is 270 g/mol. The van der Waals surface area contributed by atoms with Crippen molar-refractivity contribution >= 4 is 0 Å². The molecule has 2 fully saturated rings. The van der Waals surface area contributed by atoms with Gasteiger partial charge in [0.15, 0.2) is 0 Å². The summed E-state index contributed by atoms with van der Waals surface area (Å²) in [5.41, 5.74) is 0. The number of likely N-dealkylation sites (tertiary alicyclic amines) is 1. The van der Waals surface area contributed by atoms with Gasteiger partial charge in [0.1, 0.15) is 0 Å². The van der Waals surface area contributed by atoms with Gasteiger partial charge in [0.25, 0.3) is 0 Å². The largest absolute Gasteiger partial charge is 0.389 e. The first kappa shape index (κ1) is 15.2. The highest BCUT2D eigenvalue weighted by molar-refractivity contribution is 4.80. The first-order valence-corrected chi connectivity index (χ1v) is 7.86. The molecule has 1 aliphatic heterocycles. The Morgan fingerprint density at radius 3 is 2.79 bits per heavy atom. The molecule has 4 heteroatoms. The fraction of sp³-hybridized carbons (Fsp3) is 1.00. The van der Waals surface area contributed by atoms with Crippen LogP contribution < -0.4 is 5.32 Å². The van der Waals surface area contributed by atoms with Gasteiger partial charge in [-0.15, -0.1) is 0 Å². The zero-order chi connectivity index (χ0) is 13.7. The van der Waals surface area contributed by atoms with Crippen molar-refractivity contribution in [2.24, 2.45) is 5.92 Å². The summed E-state index contributed by atoms with van der Waals surface area (Å²) in [4.78, 5) is 2.32. The van der Waals surface area contributed by atoms with E-state index in [1.807, 2.05) is 0 Å². The van der Waals surface area contributed by atoms with Gasteiger partial charge in [0.05, 0.1) is 18.8 Å². The molecule has 2 aliphatic rings. The van der Waals surface area contributed by atoms with Gasteiger partial charge in [-0.2, -0.15) is 0 Å². The maximum atomic E-state index is 9.99. The predicted octanol–water partition coefficient (Wildman–Crippen LogP) is 1.24. The third kappa shape index (κ3) is 5.03. The van der Waals surface area contributed by atoms with E-state index in [1.54, 1.807) is 0 Å². The molecule has 1 saturated carbocycles. The van der Waals surface area contributed by atoms with E-state index in [0.717, 1.165) is 19.5 Å². The highest BCUT2D eigenvalue weighted by atomic mass is 16.5. The number of hydrogen-bond acceptors (Lipinski definition) is 4. The van der Waals surface area contributed by atoms with Crippen molar-refractivity contribution in [2.45, 2.75) is 57.3 Å². The van der Waals surface area contributed by atoms with E-state index in [9.17, 15) is 5.11 Å². The highest BCUT2D eigenvalue weighted by Gasteiger charge is 2.23. The minimum atomic E-state index is -0.375. The highest BCUT2D eigenvalue weighted by Crippen LogP contribution is 2.26. The number of likely N-dealkylation sites (N-methyl/N-ethyl adjacent to an activating group) is 1. The lowest BCUT2D eigenvalue weighted by Gasteiger charge is -2.29. The van der Waals surface area contributed by atoms with Crippen molar-refractivity contribution in [2.75, 3.05) is 33.3 Å². The van der Waals surface area contributed by atoms with Crippen molar-refractivity contribution in [3.63, 3.8) is 0 Å². The van der Waals surface area contributed by atoms with Crippen LogP contribution in [-0.2, 0) is 4.74 Å².